The molecule has 0 bridgehead atoms. The molecule has 1 atom stereocenters. The van der Waals surface area contributed by atoms with Crippen LogP contribution in [0.1, 0.15) is 17.2 Å². The summed E-state index contributed by atoms with van der Waals surface area (Å²) in [7, 11) is -3.26. The first-order chi connectivity index (χ1) is 9.79. The van der Waals surface area contributed by atoms with E-state index >= 15 is 0 Å². The molecule has 0 spiro atoms. The smallest absolute Gasteiger partial charge is 0.175 e. The molecular formula is C15H15Cl2NO2S. The molecule has 21 heavy (non-hydrogen) atoms. The lowest BCUT2D eigenvalue weighted by Gasteiger charge is -2.15. The van der Waals surface area contributed by atoms with Crippen LogP contribution in [0.5, 0.6) is 0 Å². The van der Waals surface area contributed by atoms with Gasteiger partial charge in [0.25, 0.3) is 0 Å². The van der Waals surface area contributed by atoms with Gasteiger partial charge in [-0.1, -0.05) is 41.4 Å². The quantitative estimate of drug-likeness (QED) is 0.921. The van der Waals surface area contributed by atoms with E-state index in [1.165, 1.54) is 6.26 Å². The number of sulfone groups is 1. The molecule has 2 aromatic carbocycles. The van der Waals surface area contributed by atoms with E-state index < -0.39 is 9.84 Å². The highest BCUT2D eigenvalue weighted by Crippen LogP contribution is 2.29. The van der Waals surface area contributed by atoms with Crippen molar-refractivity contribution in [3.05, 3.63) is 63.6 Å². The second kappa shape index (κ2) is 6.36. The Morgan fingerprint density at radius 3 is 2.24 bits per heavy atom. The number of hydrogen-bond donors (Lipinski definition) is 1. The van der Waals surface area contributed by atoms with Crippen LogP contribution in [0.15, 0.2) is 47.4 Å². The summed E-state index contributed by atoms with van der Waals surface area (Å²) in [5.41, 5.74) is 7.66. The van der Waals surface area contributed by atoms with Crippen molar-refractivity contribution in [3.8, 4) is 0 Å². The highest BCUT2D eigenvalue weighted by molar-refractivity contribution is 7.90. The lowest BCUT2D eigenvalue weighted by Crippen LogP contribution is -2.14. The zero-order valence-electron chi connectivity index (χ0n) is 11.4. The Bertz CT molecular complexity index is 740. The molecular weight excluding hydrogens is 329 g/mol. The van der Waals surface area contributed by atoms with Gasteiger partial charge in [-0.15, -0.1) is 0 Å². The van der Waals surface area contributed by atoms with Gasteiger partial charge >= 0.3 is 0 Å². The van der Waals surface area contributed by atoms with Crippen molar-refractivity contribution >= 4 is 33.0 Å². The Kier molecular flexibility index (Phi) is 4.94. The Morgan fingerprint density at radius 2 is 1.67 bits per heavy atom. The van der Waals surface area contributed by atoms with Crippen molar-refractivity contribution in [2.75, 3.05) is 6.26 Å². The lowest BCUT2D eigenvalue weighted by atomic mass is 10.00. The zero-order chi connectivity index (χ0) is 15.6. The Morgan fingerprint density at radius 1 is 1.10 bits per heavy atom. The maximum Gasteiger partial charge on any atom is 0.175 e. The largest absolute Gasteiger partial charge is 0.324 e. The molecule has 0 aliphatic carbocycles. The molecule has 1 unspecified atom stereocenters. The third-order valence-electron chi connectivity index (χ3n) is 3.20. The van der Waals surface area contributed by atoms with E-state index in [1.54, 1.807) is 42.5 Å². The molecule has 2 rings (SSSR count). The van der Waals surface area contributed by atoms with Crippen LogP contribution in [-0.2, 0) is 16.3 Å². The normalized spacial score (nSPS) is 13.1. The Hall–Kier alpha value is -1.07. The highest BCUT2D eigenvalue weighted by Gasteiger charge is 2.15. The van der Waals surface area contributed by atoms with Gasteiger partial charge < -0.3 is 5.73 Å². The zero-order valence-corrected chi connectivity index (χ0v) is 13.7. The van der Waals surface area contributed by atoms with Crippen molar-refractivity contribution in [1.29, 1.82) is 0 Å². The van der Waals surface area contributed by atoms with Crippen molar-refractivity contribution < 1.29 is 8.42 Å². The third kappa shape index (κ3) is 3.98. The summed E-state index contributed by atoms with van der Waals surface area (Å²) in [6, 6.07) is 11.5. The van der Waals surface area contributed by atoms with Crippen LogP contribution in [0.25, 0.3) is 0 Å². The summed E-state index contributed by atoms with van der Waals surface area (Å²) in [5.74, 6) is 0. The van der Waals surface area contributed by atoms with Crippen LogP contribution in [0.2, 0.25) is 10.0 Å². The lowest BCUT2D eigenvalue weighted by molar-refractivity contribution is 0.601. The van der Waals surface area contributed by atoms with Gasteiger partial charge in [-0.25, -0.2) is 8.42 Å². The van der Waals surface area contributed by atoms with E-state index in [1.807, 2.05) is 0 Å². The minimum Gasteiger partial charge on any atom is -0.324 e. The van der Waals surface area contributed by atoms with Gasteiger partial charge in [0.1, 0.15) is 0 Å². The van der Waals surface area contributed by atoms with Crippen LogP contribution >= 0.6 is 23.2 Å². The monoisotopic (exact) mass is 343 g/mol. The molecule has 0 aliphatic heterocycles. The molecule has 0 amide bonds. The fourth-order valence-electron chi connectivity index (χ4n) is 2.04. The third-order valence-corrected chi connectivity index (χ3v) is 5.02. The maximum atomic E-state index is 11.6. The first kappa shape index (κ1) is 16.3. The predicted octanol–water partition coefficient (Wildman–Crippen LogP) is 3.64. The highest BCUT2D eigenvalue weighted by atomic mass is 35.5. The summed E-state index contributed by atoms with van der Waals surface area (Å²) >= 11 is 12.3. The molecule has 112 valence electrons. The second-order valence-electron chi connectivity index (χ2n) is 4.86. The van der Waals surface area contributed by atoms with Crippen LogP contribution in [-0.4, -0.2) is 14.7 Å². The van der Waals surface area contributed by atoms with Gasteiger partial charge in [0.15, 0.2) is 9.84 Å². The molecule has 3 nitrogen and oxygen atoms in total. The predicted molar refractivity (Wildman–Crippen MR) is 86.6 cm³/mol. The molecule has 2 N–H and O–H groups in total. The fourth-order valence-corrected chi connectivity index (χ4v) is 3.27. The van der Waals surface area contributed by atoms with Gasteiger partial charge in [0.05, 0.1) is 4.90 Å². The van der Waals surface area contributed by atoms with Gasteiger partial charge in [-0.2, -0.15) is 0 Å². The van der Waals surface area contributed by atoms with Gasteiger partial charge in [-0.3, -0.25) is 0 Å². The van der Waals surface area contributed by atoms with Crippen molar-refractivity contribution in [2.45, 2.75) is 17.4 Å². The van der Waals surface area contributed by atoms with E-state index in [-0.39, 0.29) is 10.9 Å². The first-order valence-electron chi connectivity index (χ1n) is 6.27. The minimum atomic E-state index is -3.26. The van der Waals surface area contributed by atoms with Crippen molar-refractivity contribution in [3.63, 3.8) is 0 Å². The summed E-state index contributed by atoms with van der Waals surface area (Å²) < 4.78 is 23.2. The van der Waals surface area contributed by atoms with E-state index in [4.69, 9.17) is 28.9 Å². The number of hydrogen-bond acceptors (Lipinski definition) is 3. The molecule has 2 aromatic rings. The minimum absolute atomic E-state index is 0.251. The number of nitrogens with two attached hydrogens (primary N) is 1. The van der Waals surface area contributed by atoms with Crippen LogP contribution in [0.4, 0.5) is 0 Å². The molecule has 6 heteroatoms. The number of halogens is 2. The molecule has 0 fully saturated rings. The van der Waals surface area contributed by atoms with E-state index in [2.05, 4.69) is 0 Å². The van der Waals surface area contributed by atoms with Crippen LogP contribution in [0, 0.1) is 0 Å². The standard InChI is InChI=1S/C15H15Cl2NO2S/c1-21(19,20)11-5-2-4-10(8-11)15(18)9-12-13(16)6-3-7-14(12)17/h2-8,15H,9,18H2,1H3. The van der Waals surface area contributed by atoms with Gasteiger partial charge in [0, 0.05) is 22.3 Å². The SMILES string of the molecule is CS(=O)(=O)c1cccc(C(N)Cc2c(Cl)cccc2Cl)c1. The average molecular weight is 344 g/mol. The van der Waals surface area contributed by atoms with Crippen molar-refractivity contribution in [2.24, 2.45) is 5.73 Å². The summed E-state index contributed by atoms with van der Waals surface area (Å²) in [5, 5.41) is 1.11. The average Bonchev–Trinajstić information content (AvgIpc) is 2.42. The molecule has 0 saturated heterocycles. The van der Waals surface area contributed by atoms with Gasteiger partial charge in [0.2, 0.25) is 0 Å². The maximum absolute atomic E-state index is 11.6. The van der Waals surface area contributed by atoms with E-state index in [0.29, 0.717) is 16.5 Å². The number of rotatable bonds is 4. The summed E-state index contributed by atoms with van der Waals surface area (Å²) in [6.45, 7) is 0. The topological polar surface area (TPSA) is 60.2 Å². The van der Waals surface area contributed by atoms with Gasteiger partial charge in [-0.05, 0) is 41.8 Å². The Labute approximate surface area is 134 Å². The Balaban J connectivity index is 2.31. The summed E-state index contributed by atoms with van der Waals surface area (Å²) in [4.78, 5) is 0.251. The van der Waals surface area contributed by atoms with Crippen LogP contribution in [0.3, 0.4) is 0 Å². The molecule has 0 aromatic heterocycles. The van der Waals surface area contributed by atoms with E-state index in [0.717, 1.165) is 11.1 Å². The van der Waals surface area contributed by atoms with Crippen LogP contribution < -0.4 is 5.73 Å². The molecule has 0 heterocycles. The number of benzene rings is 2. The molecule has 0 saturated carbocycles. The second-order valence-corrected chi connectivity index (χ2v) is 7.69. The molecule has 0 aliphatic rings. The first-order valence-corrected chi connectivity index (χ1v) is 8.92. The fraction of sp³-hybridized carbons (Fsp3) is 0.200. The summed E-state index contributed by atoms with van der Waals surface area (Å²) in [6.07, 6.45) is 1.61. The van der Waals surface area contributed by atoms with E-state index in [9.17, 15) is 8.42 Å². The molecule has 0 radical (unpaired) electrons. The van der Waals surface area contributed by atoms with Crippen molar-refractivity contribution in [1.82, 2.24) is 0 Å².